The van der Waals surface area contributed by atoms with Gasteiger partial charge in [0.25, 0.3) is 0 Å². The van der Waals surface area contributed by atoms with Crippen molar-refractivity contribution < 1.29 is 18.5 Å². The summed E-state index contributed by atoms with van der Waals surface area (Å²) in [6.45, 7) is 7.28. The molecule has 1 N–H and O–H groups in total. The molecule has 0 aliphatic rings. The number of carbonyl (C=O) groups excluding carboxylic acids is 2. The number of ether oxygens (including phenoxy) is 1. The van der Waals surface area contributed by atoms with E-state index in [4.69, 9.17) is 0 Å². The Morgan fingerprint density at radius 1 is 1.26 bits per heavy atom. The second kappa shape index (κ2) is 9.07. The molecular formula is C13H25NO4S. The van der Waals surface area contributed by atoms with E-state index in [0.29, 0.717) is 0 Å². The lowest BCUT2D eigenvalue weighted by molar-refractivity contribution is -0.140. The van der Waals surface area contributed by atoms with Crippen LogP contribution >= 0.6 is 0 Å². The molecule has 4 atom stereocenters. The maximum Gasteiger partial charge on any atom is 0.306 e. The molecule has 0 bridgehead atoms. The van der Waals surface area contributed by atoms with E-state index in [1.807, 2.05) is 13.8 Å². The fourth-order valence-electron chi connectivity index (χ4n) is 1.72. The van der Waals surface area contributed by atoms with Crippen molar-refractivity contribution in [2.75, 3.05) is 7.11 Å². The fraction of sp³-hybridized carbons (Fsp3) is 0.846. The molecule has 0 saturated heterocycles. The van der Waals surface area contributed by atoms with Crippen LogP contribution in [0.5, 0.6) is 0 Å². The zero-order valence-corrected chi connectivity index (χ0v) is 13.2. The molecule has 0 aromatic rings. The Morgan fingerprint density at radius 2 is 1.84 bits per heavy atom. The van der Waals surface area contributed by atoms with Crippen molar-refractivity contribution >= 4 is 22.7 Å². The summed E-state index contributed by atoms with van der Waals surface area (Å²) in [5, 5.41) is 1.82. The van der Waals surface area contributed by atoms with Crippen molar-refractivity contribution in [3.05, 3.63) is 0 Å². The fourth-order valence-corrected chi connectivity index (χ4v) is 3.00. The number of hydrogen-bond donors (Lipinski definition) is 1. The minimum atomic E-state index is -1.40. The summed E-state index contributed by atoms with van der Waals surface area (Å²) in [7, 11) is -0.103. The molecule has 0 fully saturated rings. The summed E-state index contributed by atoms with van der Waals surface area (Å²) < 4.78 is 16.7. The van der Waals surface area contributed by atoms with Gasteiger partial charge < -0.3 is 10.1 Å². The van der Waals surface area contributed by atoms with Gasteiger partial charge >= 0.3 is 5.97 Å². The largest absolute Gasteiger partial charge is 0.469 e. The van der Waals surface area contributed by atoms with Crippen LogP contribution in [0.25, 0.3) is 0 Å². The van der Waals surface area contributed by atoms with E-state index in [0.717, 1.165) is 12.8 Å². The molecule has 1 amide bonds. The topological polar surface area (TPSA) is 72.5 Å². The first kappa shape index (κ1) is 18.1. The van der Waals surface area contributed by atoms with Crippen molar-refractivity contribution in [3.8, 4) is 0 Å². The molecule has 0 heterocycles. The molecule has 112 valence electrons. The van der Waals surface area contributed by atoms with E-state index >= 15 is 0 Å². The monoisotopic (exact) mass is 291 g/mol. The molecule has 0 radical (unpaired) electrons. The lowest BCUT2D eigenvalue weighted by Crippen LogP contribution is -2.42. The van der Waals surface area contributed by atoms with Crippen molar-refractivity contribution in [1.82, 2.24) is 5.32 Å². The van der Waals surface area contributed by atoms with Crippen LogP contribution in [0.2, 0.25) is 0 Å². The number of carbonyl (C=O) groups is 2. The summed E-state index contributed by atoms with van der Waals surface area (Å²) in [5.74, 6) is -0.635. The number of rotatable bonds is 8. The molecule has 0 spiro atoms. The van der Waals surface area contributed by atoms with Crippen LogP contribution in [-0.4, -0.2) is 39.7 Å². The van der Waals surface area contributed by atoms with E-state index in [9.17, 15) is 13.8 Å². The van der Waals surface area contributed by atoms with E-state index < -0.39 is 27.3 Å². The Bertz CT molecular complexity index is 333. The highest BCUT2D eigenvalue weighted by molar-refractivity contribution is 7.87. The molecule has 0 saturated carbocycles. The van der Waals surface area contributed by atoms with Gasteiger partial charge in [-0.05, 0) is 20.3 Å². The van der Waals surface area contributed by atoms with E-state index in [1.54, 1.807) is 13.8 Å². The smallest absolute Gasteiger partial charge is 0.306 e. The Hall–Kier alpha value is -0.910. The Balaban J connectivity index is 4.38. The van der Waals surface area contributed by atoms with Crippen LogP contribution in [0, 0.1) is 0 Å². The molecule has 6 heteroatoms. The summed E-state index contributed by atoms with van der Waals surface area (Å²) in [5.41, 5.74) is 0. The normalized spacial score (nSPS) is 17.1. The summed E-state index contributed by atoms with van der Waals surface area (Å²) >= 11 is 0. The second-order valence-corrected chi connectivity index (χ2v) is 6.93. The first-order chi connectivity index (χ1) is 8.83. The highest BCUT2D eigenvalue weighted by atomic mass is 32.2. The minimum Gasteiger partial charge on any atom is -0.469 e. The Labute approximate surface area is 117 Å². The number of nitrogens with one attached hydrogen (secondary N) is 1. The van der Waals surface area contributed by atoms with Gasteiger partial charge in [0.1, 0.15) is 5.25 Å². The average molecular weight is 291 g/mol. The first-order valence-corrected chi connectivity index (χ1v) is 7.87. The van der Waals surface area contributed by atoms with Gasteiger partial charge in [0.05, 0.1) is 13.5 Å². The van der Waals surface area contributed by atoms with Crippen LogP contribution in [-0.2, 0) is 25.1 Å². The van der Waals surface area contributed by atoms with Gasteiger partial charge in [0.2, 0.25) is 5.91 Å². The quantitative estimate of drug-likeness (QED) is 0.686. The zero-order chi connectivity index (χ0) is 15.0. The van der Waals surface area contributed by atoms with Gasteiger partial charge in [-0.1, -0.05) is 20.3 Å². The lowest BCUT2D eigenvalue weighted by atomic mass is 10.2. The van der Waals surface area contributed by atoms with Crippen LogP contribution < -0.4 is 5.32 Å². The maximum atomic E-state index is 12.1. The van der Waals surface area contributed by atoms with Gasteiger partial charge in [-0.2, -0.15) is 0 Å². The van der Waals surface area contributed by atoms with Crippen LogP contribution in [0.1, 0.15) is 47.0 Å². The van der Waals surface area contributed by atoms with Crippen LogP contribution in [0.3, 0.4) is 0 Å². The van der Waals surface area contributed by atoms with Crippen molar-refractivity contribution in [3.63, 3.8) is 0 Å². The van der Waals surface area contributed by atoms with Gasteiger partial charge in [-0.25, -0.2) is 0 Å². The van der Waals surface area contributed by atoms with Crippen LogP contribution in [0.15, 0.2) is 0 Å². The summed E-state index contributed by atoms with van der Waals surface area (Å²) in [6, 6.07) is 0.0767. The average Bonchev–Trinajstić information content (AvgIpc) is 2.36. The molecule has 0 aromatic carbocycles. The Morgan fingerprint density at radius 3 is 2.32 bits per heavy atom. The minimum absolute atomic E-state index is 0.0608. The number of methoxy groups -OCH3 is 1. The second-order valence-electron chi connectivity index (χ2n) is 4.76. The van der Waals surface area contributed by atoms with Crippen molar-refractivity contribution in [1.29, 1.82) is 0 Å². The number of amides is 1. The van der Waals surface area contributed by atoms with Gasteiger partial charge in [-0.15, -0.1) is 0 Å². The molecule has 0 aliphatic heterocycles. The molecular weight excluding hydrogens is 266 g/mol. The van der Waals surface area contributed by atoms with Crippen molar-refractivity contribution in [2.24, 2.45) is 0 Å². The van der Waals surface area contributed by atoms with E-state index in [-0.39, 0.29) is 18.4 Å². The zero-order valence-electron chi connectivity index (χ0n) is 12.4. The highest BCUT2D eigenvalue weighted by Crippen LogP contribution is 2.09. The third kappa shape index (κ3) is 6.71. The van der Waals surface area contributed by atoms with Gasteiger partial charge in [0.15, 0.2) is 0 Å². The lowest BCUT2D eigenvalue weighted by Gasteiger charge is -2.19. The third-order valence-electron chi connectivity index (χ3n) is 2.91. The number of hydrogen-bond acceptors (Lipinski definition) is 4. The Kier molecular flexibility index (Phi) is 8.63. The maximum absolute atomic E-state index is 12.1. The summed E-state index contributed by atoms with van der Waals surface area (Å²) in [4.78, 5) is 23.0. The predicted octanol–water partition coefficient (Wildman–Crippen LogP) is 1.38. The third-order valence-corrected chi connectivity index (χ3v) is 4.78. The summed E-state index contributed by atoms with van der Waals surface area (Å²) in [6.07, 6.45) is 1.94. The predicted molar refractivity (Wildman–Crippen MR) is 76.2 cm³/mol. The highest BCUT2D eigenvalue weighted by Gasteiger charge is 2.26. The van der Waals surface area contributed by atoms with Crippen LogP contribution in [0.4, 0.5) is 0 Å². The standard InChI is InChI=1S/C13H25NO4S/c1-6-7-9(2)14-13(16)11(4)19(17)10(3)8-12(15)18-5/h9-11H,6-8H2,1-5H3,(H,14,16). The van der Waals surface area contributed by atoms with Gasteiger partial charge in [-0.3, -0.25) is 13.8 Å². The van der Waals surface area contributed by atoms with E-state index in [2.05, 4.69) is 10.1 Å². The van der Waals surface area contributed by atoms with Crippen molar-refractivity contribution in [2.45, 2.75) is 63.5 Å². The number of esters is 1. The molecule has 5 nitrogen and oxygen atoms in total. The molecule has 0 rings (SSSR count). The SMILES string of the molecule is CCCC(C)NC(=O)C(C)S(=O)C(C)CC(=O)OC. The molecule has 0 aromatic heterocycles. The molecule has 0 aliphatic carbocycles. The van der Waals surface area contributed by atoms with Gasteiger partial charge in [0, 0.05) is 22.1 Å². The molecule has 4 unspecified atom stereocenters. The first-order valence-electron chi connectivity index (χ1n) is 6.60. The molecule has 19 heavy (non-hydrogen) atoms. The van der Waals surface area contributed by atoms with E-state index in [1.165, 1.54) is 7.11 Å².